The van der Waals surface area contributed by atoms with E-state index in [2.05, 4.69) is 15.5 Å². The second-order valence-electron chi connectivity index (χ2n) is 7.52. The van der Waals surface area contributed by atoms with Gasteiger partial charge in [-0.1, -0.05) is 36.7 Å². The summed E-state index contributed by atoms with van der Waals surface area (Å²) in [5, 5.41) is 14.2. The van der Waals surface area contributed by atoms with Gasteiger partial charge >= 0.3 is 0 Å². The number of anilines is 2. The molecule has 1 amide bonds. The van der Waals surface area contributed by atoms with Gasteiger partial charge in [0.05, 0.1) is 5.69 Å². The molecule has 0 bridgehead atoms. The highest BCUT2D eigenvalue weighted by atomic mass is 32.2. The second kappa shape index (κ2) is 9.97. The fourth-order valence-electron chi connectivity index (χ4n) is 3.54. The van der Waals surface area contributed by atoms with Gasteiger partial charge in [-0.15, -0.1) is 21.5 Å². The van der Waals surface area contributed by atoms with Crippen LogP contribution < -0.4 is 14.4 Å². The maximum absolute atomic E-state index is 12.6. The molecular weight excluding hydrogens is 468 g/mol. The summed E-state index contributed by atoms with van der Waals surface area (Å²) in [5.41, 5.74) is 0.499. The van der Waals surface area contributed by atoms with Gasteiger partial charge in [0.15, 0.2) is 6.61 Å². The summed E-state index contributed by atoms with van der Waals surface area (Å²) in [6, 6.07) is 9.82. The lowest BCUT2D eigenvalue weighted by Crippen LogP contribution is -2.25. The van der Waals surface area contributed by atoms with Crippen LogP contribution in [-0.2, 0) is 14.8 Å². The number of amides is 1. The Labute approximate surface area is 195 Å². The molecule has 1 aromatic carbocycles. The molecular formula is C21H24N4O4S3. The molecule has 1 fully saturated rings. The Kier molecular flexibility index (Phi) is 7.07. The van der Waals surface area contributed by atoms with Crippen LogP contribution in [0.5, 0.6) is 5.75 Å². The molecule has 0 radical (unpaired) electrons. The summed E-state index contributed by atoms with van der Waals surface area (Å²) >= 11 is 2.59. The normalized spacial score (nSPS) is 14.8. The third-order valence-electron chi connectivity index (χ3n) is 5.32. The molecule has 0 atom stereocenters. The van der Waals surface area contributed by atoms with E-state index in [1.807, 2.05) is 0 Å². The van der Waals surface area contributed by atoms with Gasteiger partial charge in [0.2, 0.25) is 5.13 Å². The number of thiophene rings is 1. The van der Waals surface area contributed by atoms with E-state index in [1.54, 1.807) is 41.8 Å². The summed E-state index contributed by atoms with van der Waals surface area (Å²) in [7, 11) is -2.09. The number of nitrogens with one attached hydrogen (secondary N) is 1. The van der Waals surface area contributed by atoms with E-state index in [0.29, 0.717) is 22.5 Å². The highest BCUT2D eigenvalue weighted by Gasteiger charge is 2.22. The first-order valence-corrected chi connectivity index (χ1v) is 13.5. The van der Waals surface area contributed by atoms with Crippen LogP contribution in [-0.4, -0.2) is 38.2 Å². The van der Waals surface area contributed by atoms with E-state index in [9.17, 15) is 13.2 Å². The van der Waals surface area contributed by atoms with Gasteiger partial charge in [0, 0.05) is 13.0 Å². The predicted octanol–water partition coefficient (Wildman–Crippen LogP) is 4.49. The molecule has 1 aliphatic rings. The fourth-order valence-corrected chi connectivity index (χ4v) is 6.83. The van der Waals surface area contributed by atoms with Crippen LogP contribution in [0.25, 0.3) is 0 Å². The Morgan fingerprint density at radius 3 is 2.59 bits per heavy atom. The van der Waals surface area contributed by atoms with Crippen molar-refractivity contribution in [2.75, 3.05) is 23.3 Å². The van der Waals surface area contributed by atoms with Crippen molar-refractivity contribution >= 4 is 49.4 Å². The molecule has 1 N–H and O–H groups in total. The van der Waals surface area contributed by atoms with Gasteiger partial charge in [-0.25, -0.2) is 8.42 Å². The average Bonchev–Trinajstić information content (AvgIpc) is 3.51. The molecule has 11 heteroatoms. The van der Waals surface area contributed by atoms with E-state index >= 15 is 0 Å². The molecule has 0 spiro atoms. The largest absolute Gasteiger partial charge is 0.484 e. The van der Waals surface area contributed by atoms with E-state index in [0.717, 1.165) is 17.8 Å². The highest BCUT2D eigenvalue weighted by molar-refractivity contribution is 7.94. The van der Waals surface area contributed by atoms with E-state index in [-0.39, 0.29) is 16.7 Å². The monoisotopic (exact) mass is 492 g/mol. The molecule has 4 rings (SSSR count). The summed E-state index contributed by atoms with van der Waals surface area (Å²) < 4.78 is 32.3. The van der Waals surface area contributed by atoms with Crippen molar-refractivity contribution in [1.29, 1.82) is 0 Å². The molecule has 1 saturated carbocycles. The number of carbonyl (C=O) groups is 1. The Morgan fingerprint density at radius 1 is 1.16 bits per heavy atom. The van der Waals surface area contributed by atoms with Crippen molar-refractivity contribution in [2.24, 2.45) is 0 Å². The first-order valence-electron chi connectivity index (χ1n) is 10.3. The SMILES string of the molecule is CN(c1ccc(OCC(=O)Nc2nnc(C3CCCCC3)s2)cc1)S(=O)(=O)c1cccs1. The topological polar surface area (TPSA) is 101 Å². The molecule has 3 aromatic rings. The van der Waals surface area contributed by atoms with E-state index in [4.69, 9.17) is 4.74 Å². The lowest BCUT2D eigenvalue weighted by Gasteiger charge is -2.18. The molecule has 0 aliphatic heterocycles. The highest BCUT2D eigenvalue weighted by Crippen LogP contribution is 2.35. The predicted molar refractivity (Wildman–Crippen MR) is 126 cm³/mol. The molecule has 2 heterocycles. The van der Waals surface area contributed by atoms with Gasteiger partial charge in [0.1, 0.15) is 15.0 Å². The van der Waals surface area contributed by atoms with E-state index < -0.39 is 10.0 Å². The third-order valence-corrected chi connectivity index (χ3v) is 9.48. The first kappa shape index (κ1) is 22.7. The molecule has 170 valence electrons. The third kappa shape index (κ3) is 5.28. The number of rotatable bonds is 8. The number of carbonyl (C=O) groups excluding carboxylic acids is 1. The zero-order valence-electron chi connectivity index (χ0n) is 17.6. The second-order valence-corrected chi connectivity index (χ2v) is 11.7. The van der Waals surface area contributed by atoms with E-state index in [1.165, 1.54) is 53.3 Å². The first-order chi connectivity index (χ1) is 15.4. The Morgan fingerprint density at radius 2 is 1.91 bits per heavy atom. The van der Waals surface area contributed by atoms with Gasteiger partial charge in [0.25, 0.3) is 15.9 Å². The molecule has 0 saturated heterocycles. The minimum absolute atomic E-state index is 0.180. The number of aromatic nitrogens is 2. The summed E-state index contributed by atoms with van der Waals surface area (Å²) in [6.07, 6.45) is 5.97. The molecule has 0 unspecified atom stereocenters. The molecule has 1 aliphatic carbocycles. The van der Waals surface area contributed by atoms with Crippen LogP contribution in [0, 0.1) is 0 Å². The van der Waals surface area contributed by atoms with Crippen LogP contribution in [0.1, 0.15) is 43.0 Å². The van der Waals surface area contributed by atoms with Crippen molar-refractivity contribution < 1.29 is 17.9 Å². The van der Waals surface area contributed by atoms with Gasteiger partial charge in [-0.2, -0.15) is 0 Å². The van der Waals surface area contributed by atoms with Crippen LogP contribution in [0.3, 0.4) is 0 Å². The summed E-state index contributed by atoms with van der Waals surface area (Å²) in [5.74, 6) is 0.590. The van der Waals surface area contributed by atoms with Crippen LogP contribution in [0.2, 0.25) is 0 Å². The Bertz CT molecular complexity index is 1140. The zero-order valence-corrected chi connectivity index (χ0v) is 20.0. The minimum Gasteiger partial charge on any atom is -0.484 e. The number of benzene rings is 1. The van der Waals surface area contributed by atoms with Crippen molar-refractivity contribution in [3.63, 3.8) is 0 Å². The van der Waals surface area contributed by atoms with Crippen molar-refractivity contribution in [3.05, 3.63) is 46.8 Å². The zero-order chi connectivity index (χ0) is 22.6. The van der Waals surface area contributed by atoms with Crippen LogP contribution >= 0.6 is 22.7 Å². The van der Waals surface area contributed by atoms with Crippen molar-refractivity contribution in [3.8, 4) is 5.75 Å². The summed E-state index contributed by atoms with van der Waals surface area (Å²) in [4.78, 5) is 12.2. The standard InChI is InChI=1S/C21H24N4O4S3/c1-25(32(27,28)19-8-5-13-30-19)16-9-11-17(12-10-16)29-14-18(26)22-21-24-23-20(31-21)15-6-3-2-4-7-15/h5,8-13,15H,2-4,6-7,14H2,1H3,(H,22,24,26). The van der Waals surface area contributed by atoms with Gasteiger partial charge in [-0.05, 0) is 48.6 Å². The van der Waals surface area contributed by atoms with Crippen LogP contribution in [0.15, 0.2) is 46.0 Å². The number of nitrogens with zero attached hydrogens (tertiary/aromatic N) is 3. The van der Waals surface area contributed by atoms with Gasteiger partial charge in [-0.3, -0.25) is 14.4 Å². The van der Waals surface area contributed by atoms with Crippen LogP contribution in [0.4, 0.5) is 10.8 Å². The quantitative estimate of drug-likeness (QED) is 0.497. The number of hydrogen-bond donors (Lipinski definition) is 1. The van der Waals surface area contributed by atoms with Gasteiger partial charge < -0.3 is 4.74 Å². The molecule has 2 aromatic heterocycles. The average molecular weight is 493 g/mol. The Hall–Kier alpha value is -2.50. The lowest BCUT2D eigenvalue weighted by molar-refractivity contribution is -0.118. The number of ether oxygens (including phenoxy) is 1. The minimum atomic E-state index is -3.59. The smallest absolute Gasteiger partial charge is 0.273 e. The molecule has 32 heavy (non-hydrogen) atoms. The lowest BCUT2D eigenvalue weighted by atomic mass is 9.90. The number of sulfonamides is 1. The number of hydrogen-bond acceptors (Lipinski definition) is 8. The Balaban J connectivity index is 1.29. The maximum Gasteiger partial charge on any atom is 0.273 e. The maximum atomic E-state index is 12.6. The molecule has 8 nitrogen and oxygen atoms in total. The van der Waals surface area contributed by atoms with Crippen molar-refractivity contribution in [1.82, 2.24) is 10.2 Å². The fraction of sp³-hybridized carbons (Fsp3) is 0.381. The summed E-state index contributed by atoms with van der Waals surface area (Å²) in [6.45, 7) is -0.180. The van der Waals surface area contributed by atoms with Crippen molar-refractivity contribution in [2.45, 2.75) is 42.2 Å².